The topological polar surface area (TPSA) is 46.0 Å². The van der Waals surface area contributed by atoms with E-state index in [0.717, 1.165) is 64.6 Å². The zero-order valence-corrected chi connectivity index (χ0v) is 56.3. The van der Waals surface area contributed by atoms with Crippen LogP contribution in [0.5, 0.6) is 0 Å². The second-order valence-corrected chi connectivity index (χ2v) is 30.7. The molecule has 1 N–H and O–H groups in total. The Morgan fingerprint density at radius 3 is 1.27 bits per heavy atom. The fourth-order valence-corrected chi connectivity index (χ4v) is 8.27. The molecule has 0 bridgehead atoms. The van der Waals surface area contributed by atoms with Gasteiger partial charge < -0.3 is 25.2 Å². The summed E-state index contributed by atoms with van der Waals surface area (Å²) in [6.07, 6.45) is 2.93. The molecule has 1 radical (unpaired) electrons. The van der Waals surface area contributed by atoms with E-state index in [9.17, 15) is 5.11 Å². The quantitative estimate of drug-likeness (QED) is 0.108. The molecule has 2 aliphatic carbocycles. The Kier molecular flexibility index (Phi) is 41.1. The molecule has 377 valence electrons. The van der Waals surface area contributed by atoms with E-state index in [4.69, 9.17) is 22.6 Å². The van der Waals surface area contributed by atoms with Gasteiger partial charge in [-0.05, 0) is 81.6 Å². The Balaban J connectivity index is 0. The first-order chi connectivity index (χ1) is 33.0. The van der Waals surface area contributed by atoms with E-state index >= 15 is 0 Å². The summed E-state index contributed by atoms with van der Waals surface area (Å²) in [5.74, 6) is 0. The second kappa shape index (κ2) is 40.8. The number of para-hydroxylation sites is 2. The summed E-state index contributed by atoms with van der Waals surface area (Å²) in [4.78, 5) is 9.59. The summed E-state index contributed by atoms with van der Waals surface area (Å²) < 4.78 is 0. The normalized spacial score (nSPS) is 12.3. The van der Waals surface area contributed by atoms with Gasteiger partial charge in [0.1, 0.15) is 6.10 Å². The van der Waals surface area contributed by atoms with E-state index in [-0.39, 0.29) is 69.4 Å². The third kappa shape index (κ3) is 20.3. The second-order valence-electron chi connectivity index (χ2n) is 14.0. The minimum atomic E-state index is -0.542. The van der Waals surface area contributed by atoms with Gasteiger partial charge in [0.15, 0.2) is 0 Å². The van der Waals surface area contributed by atoms with Gasteiger partial charge in [0, 0.05) is 67.7 Å². The Hall–Kier alpha value is -1.53. The van der Waals surface area contributed by atoms with Crippen molar-refractivity contribution in [3.8, 4) is 0 Å². The molecule has 3 nitrogen and oxygen atoms in total. The minimum Gasteiger partial charge on any atom is -0.780 e. The number of aliphatic hydroxyl groups is 1. The van der Waals surface area contributed by atoms with Crippen LogP contribution in [0.3, 0.4) is 0 Å². The van der Waals surface area contributed by atoms with Crippen molar-refractivity contribution < 1.29 is 51.1 Å². The third-order valence-electron chi connectivity index (χ3n) is 10.5. The molecule has 2 atom stereocenters. The first kappa shape index (κ1) is 70.5. The molecule has 0 aliphatic heterocycles. The van der Waals surface area contributed by atoms with Crippen LogP contribution in [0, 0.1) is 7.43 Å². The van der Waals surface area contributed by atoms with Gasteiger partial charge in [-0.15, -0.1) is 29.2 Å². The van der Waals surface area contributed by atoms with Crippen molar-refractivity contribution >= 4 is 95.6 Å². The van der Waals surface area contributed by atoms with Crippen LogP contribution in [0.1, 0.15) is 161 Å². The Labute approximate surface area is 502 Å². The average Bonchev–Trinajstić information content (AvgIpc) is 3.41. The van der Waals surface area contributed by atoms with Gasteiger partial charge in [0.05, 0.1) is 11.0 Å². The number of benzene rings is 6. The van der Waals surface area contributed by atoms with Crippen LogP contribution < -0.4 is 13.3 Å². The van der Waals surface area contributed by atoms with Crippen LogP contribution in [0.2, 0.25) is 0 Å². The number of aromatic nitrogens is 2. The zero-order chi connectivity index (χ0) is 49.7. The molecule has 2 unspecified atom stereocenters. The summed E-state index contributed by atoms with van der Waals surface area (Å²) in [5.41, 5.74) is 16.5. The smallest absolute Gasteiger partial charge is 0.105 e. The van der Waals surface area contributed by atoms with Gasteiger partial charge in [-0.3, -0.25) is 9.97 Å². The Morgan fingerprint density at radius 1 is 0.471 bits per heavy atom. The summed E-state index contributed by atoms with van der Waals surface area (Å²) in [6.45, 7) is 24.0. The van der Waals surface area contributed by atoms with Crippen LogP contribution in [-0.4, -0.2) is 15.1 Å². The molecule has 6 aromatic carbocycles. The summed E-state index contributed by atoms with van der Waals surface area (Å²) in [7, 11) is 0. The molecule has 0 saturated carbocycles. The number of halogens is 4. The third-order valence-corrected chi connectivity index (χ3v) is 11.0. The fraction of sp³-hybridized carbons (Fsp3) is 0.295. The number of aliphatic hydroxyl groups excluding tert-OH is 1. The summed E-state index contributed by atoms with van der Waals surface area (Å²) >= 11 is 11.2. The van der Waals surface area contributed by atoms with Crippen molar-refractivity contribution in [3.05, 3.63) is 232 Å². The number of fused-ring (bicyclic) bond motifs is 6. The minimum absolute atomic E-state index is 0. The van der Waals surface area contributed by atoms with E-state index in [1.165, 1.54) is 49.9 Å². The maximum atomic E-state index is 10.8. The average molecular weight is 1480 g/mol. The molecule has 0 saturated heterocycles. The molecule has 8 aromatic rings. The van der Waals surface area contributed by atoms with Gasteiger partial charge in [-0.1, -0.05) is 228 Å². The van der Waals surface area contributed by atoms with E-state index in [1.807, 2.05) is 126 Å². The van der Waals surface area contributed by atoms with Crippen LogP contribution in [-0.2, 0) is 71.0 Å². The van der Waals surface area contributed by atoms with E-state index in [2.05, 4.69) is 152 Å². The number of hydrogen-bond acceptors (Lipinski definition) is 4. The molecular formula is C61H77I4N2OSY-3. The van der Waals surface area contributed by atoms with Crippen LogP contribution in [0.4, 0.5) is 0 Å². The Bertz CT molecular complexity index is 2460. The monoisotopic (exact) mass is 1480 g/mol. The molecular weight excluding hydrogens is 1410 g/mol. The number of pyridine rings is 2. The van der Waals surface area contributed by atoms with Gasteiger partial charge in [0.25, 0.3) is 0 Å². The van der Waals surface area contributed by atoms with Crippen molar-refractivity contribution in [3.63, 3.8) is 0 Å². The maximum Gasteiger partial charge on any atom is 0.105 e. The van der Waals surface area contributed by atoms with Gasteiger partial charge >= 0.3 is 50.5 Å². The predicted octanol–water partition coefficient (Wildman–Crippen LogP) is 16.2. The summed E-state index contributed by atoms with van der Waals surface area (Å²) in [5, 5.41) is 13.2. The standard InChI is InChI=1S/C24H19NO.C24H19NS.6C2H6.CH3.I3.HI.Y/c2*26-24-21-7-3-1-6-18(21)15-19-10-9-16(14-22(19)24)13-20-12-11-17-5-2-4-8-23(17)25-20;6*1-2;;1-3-2;;/h2*1-12,14,24,26H,13,15H2;6*1-2H3;1H3;;1H;/q;;;;;;;;2*-1;;/p-1. The van der Waals surface area contributed by atoms with Crippen molar-refractivity contribution in [2.45, 2.75) is 120 Å². The number of rotatable bonds is 4. The molecule has 2 aromatic heterocycles. The van der Waals surface area contributed by atoms with Crippen molar-refractivity contribution in [1.82, 2.24) is 9.97 Å². The van der Waals surface area contributed by atoms with E-state index < -0.39 is 6.10 Å². The maximum absolute atomic E-state index is 10.8. The molecule has 0 amide bonds. The van der Waals surface area contributed by atoms with Crippen molar-refractivity contribution in [1.29, 1.82) is 0 Å². The van der Waals surface area contributed by atoms with Crippen LogP contribution in [0.25, 0.3) is 21.8 Å². The SMILES string of the molecule is CC.CC.CC.CC.CC.CC.I.I[I-]I.OC1c2ccccc2Cc2ccc(Cc3ccc4ccccc4n3)cc21.[CH3-].[S-]C1c2ccccc2Cc2ccc(Cc3ccc4ccccc4n3)cc21.[Y]. The number of hydrogen-bond donors (Lipinski definition) is 1. The van der Waals surface area contributed by atoms with E-state index in [0.29, 0.717) is 13.3 Å². The number of nitrogens with zero attached hydrogens (tertiary/aromatic N) is 2. The van der Waals surface area contributed by atoms with Crippen LogP contribution in [0.15, 0.2) is 158 Å². The van der Waals surface area contributed by atoms with Gasteiger partial charge in [-0.25, -0.2) is 0 Å². The zero-order valence-electron chi connectivity index (χ0n) is 43.9. The van der Waals surface area contributed by atoms with Crippen molar-refractivity contribution in [2.75, 3.05) is 0 Å². The molecule has 0 spiro atoms. The molecule has 10 rings (SSSR count). The van der Waals surface area contributed by atoms with E-state index in [1.54, 1.807) is 0 Å². The molecule has 0 fully saturated rings. The molecule has 9 heteroatoms. The largest absolute Gasteiger partial charge is 0.780 e. The predicted molar refractivity (Wildman–Crippen MR) is 332 cm³/mol. The van der Waals surface area contributed by atoms with Gasteiger partial charge in [0.2, 0.25) is 0 Å². The van der Waals surface area contributed by atoms with Gasteiger partial charge in [-0.2, -0.15) is 0 Å². The fourth-order valence-electron chi connectivity index (χ4n) is 7.82. The molecule has 70 heavy (non-hydrogen) atoms. The molecule has 2 aliphatic rings. The van der Waals surface area contributed by atoms with Crippen LogP contribution >= 0.6 is 61.2 Å². The first-order valence-corrected chi connectivity index (χ1v) is 37.3. The first-order valence-electron chi connectivity index (χ1n) is 24.3. The Morgan fingerprint density at radius 2 is 0.814 bits per heavy atom. The molecule has 2 heterocycles. The van der Waals surface area contributed by atoms with Crippen molar-refractivity contribution in [2.24, 2.45) is 0 Å². The summed E-state index contributed by atoms with van der Waals surface area (Å²) in [6, 6.07) is 54.9.